The second kappa shape index (κ2) is 11.8. The van der Waals surface area contributed by atoms with Crippen molar-refractivity contribution in [3.8, 4) is 67.5 Å². The average Bonchev–Trinajstić information content (AvgIpc) is 3.67. The van der Waals surface area contributed by atoms with Crippen LogP contribution in [-0.4, -0.2) is 15.0 Å². The lowest BCUT2D eigenvalue weighted by Gasteiger charge is -2.36. The summed E-state index contributed by atoms with van der Waals surface area (Å²) in [6, 6.07) is 13.6. The van der Waals surface area contributed by atoms with Crippen molar-refractivity contribution in [1.29, 1.82) is 0 Å². The molecule has 0 bridgehead atoms. The molecule has 0 amide bonds. The molecule has 0 radical (unpaired) electrons. The molecule has 2 aliphatic rings. The zero-order valence-corrected chi connectivity index (χ0v) is 24.9. The van der Waals surface area contributed by atoms with Crippen LogP contribution in [0, 0.1) is 0 Å². The number of hydrogen-bond donors (Lipinski definition) is 0. The second-order valence-corrected chi connectivity index (χ2v) is 11.0. The highest BCUT2D eigenvalue weighted by Crippen LogP contribution is 2.56. The minimum absolute atomic E-state index is 0.102. The van der Waals surface area contributed by atoms with E-state index < -0.39 is 137 Å². The Balaban J connectivity index is 1.31. The summed E-state index contributed by atoms with van der Waals surface area (Å²) in [7, 11) is 0. The van der Waals surface area contributed by atoms with Crippen LogP contribution in [0.5, 0.6) is 0 Å². The molecule has 3 heteroatoms. The highest BCUT2D eigenvalue weighted by Gasteiger charge is 2.43. The molecule has 1 heterocycles. The Morgan fingerprint density at radius 2 is 0.958 bits per heavy atom. The highest BCUT2D eigenvalue weighted by atomic mass is 15.0. The van der Waals surface area contributed by atoms with Gasteiger partial charge in [0.15, 0.2) is 17.5 Å². The SMILES string of the molecule is [2H]c1c([2H])c(-c2ccc(-c3nc(-c4ccccc4)nc(-c4ccccc4)n3)cc2)c([2H])c(-c2c([2H])c([2H])c3c(c2[2H])C2(c4c([2H])c([2H])c([2H])c([2H])c4-3)C([2H])([2H])C([2H])([2H])C([2H])([2H])C([2H])([2H])C2([2H])[2H])c1[2H]. The number of aromatic nitrogens is 3. The third-order valence-electron chi connectivity index (χ3n) is 8.13. The Morgan fingerprint density at radius 3 is 1.60 bits per heavy atom. The van der Waals surface area contributed by atoms with Gasteiger partial charge in [0.25, 0.3) is 0 Å². The lowest BCUT2D eigenvalue weighted by Crippen LogP contribution is -2.28. The first-order chi connectivity index (χ1) is 32.1. The number of hydrogen-bond acceptors (Lipinski definition) is 3. The Kier molecular flexibility index (Phi) is 3.51. The summed E-state index contributed by atoms with van der Waals surface area (Å²) < 4.78 is 191. The first-order valence-electron chi connectivity index (χ1n) is 25.5. The van der Waals surface area contributed by atoms with E-state index >= 15 is 0 Å². The van der Waals surface area contributed by atoms with Gasteiger partial charge in [-0.05, 0) is 69.3 Å². The standard InChI is InChI=1S/C45H35N3/c1-4-13-32(14-5-1)42-46-43(33-15-6-2-7-16-33)48-44(47-42)34-23-21-31(22-24-34)35-17-12-18-36(29-35)37-25-26-39-38-19-8-9-20-40(38)45(41(39)30-37)27-10-3-11-28-45/h1-2,4-9,12-26,29-30H,3,10-11,27-28H2/i3D2,8D,9D,10D2,11D2,12D,17D,18D,19D,20D,25D,26D,27D2,28D2,29D,30D. The monoisotopic (exact) mass is 638 g/mol. The first-order valence-corrected chi connectivity index (χ1v) is 15.0. The van der Waals surface area contributed by atoms with Crippen molar-refractivity contribution in [3.05, 3.63) is 163 Å². The molecular weight excluding hydrogens is 583 g/mol. The number of rotatable bonds is 5. The summed E-state index contributed by atoms with van der Waals surface area (Å²) in [5.74, 6) is 0.974. The zero-order chi connectivity index (χ0) is 50.5. The maximum Gasteiger partial charge on any atom is 0.164 e. The summed E-state index contributed by atoms with van der Waals surface area (Å²) in [5, 5.41) is 0. The minimum atomic E-state index is -4.09. The maximum absolute atomic E-state index is 9.79. The van der Waals surface area contributed by atoms with Crippen LogP contribution >= 0.6 is 0 Å². The van der Waals surface area contributed by atoms with Crippen molar-refractivity contribution in [2.75, 3.05) is 0 Å². The Hall–Kier alpha value is -5.67. The van der Waals surface area contributed by atoms with Gasteiger partial charge in [0.2, 0.25) is 0 Å². The summed E-state index contributed by atoms with van der Waals surface area (Å²) in [4.78, 5) is 14.1. The topological polar surface area (TPSA) is 38.7 Å². The number of fused-ring (bicyclic) bond motifs is 5. The molecule has 0 N–H and O–H groups in total. The third-order valence-corrected chi connectivity index (χ3v) is 8.13. The molecule has 0 atom stereocenters. The minimum Gasteiger partial charge on any atom is -0.208 e. The fraction of sp³-hybridized carbons (Fsp3) is 0.133. The average molecular weight is 639 g/mol. The summed E-state index contributed by atoms with van der Waals surface area (Å²) >= 11 is 0. The Labute approximate surface area is 311 Å². The number of benzene rings is 6. The van der Waals surface area contributed by atoms with E-state index in [9.17, 15) is 11.0 Å². The van der Waals surface area contributed by atoms with Gasteiger partial charge in [-0.25, -0.2) is 15.0 Å². The normalized spacial score (nSPS) is 26.0. The lowest BCUT2D eigenvalue weighted by molar-refractivity contribution is 0.353. The second-order valence-electron chi connectivity index (χ2n) is 11.0. The highest BCUT2D eigenvalue weighted by molar-refractivity contribution is 5.85. The van der Waals surface area contributed by atoms with Crippen molar-refractivity contribution in [2.45, 2.75) is 37.3 Å². The van der Waals surface area contributed by atoms with Crippen LogP contribution in [0.25, 0.3) is 67.5 Å². The first kappa shape index (κ1) is 14.2. The molecule has 1 aromatic heterocycles. The third kappa shape index (κ3) is 4.94. The quantitative estimate of drug-likeness (QED) is 0.188. The fourth-order valence-electron chi connectivity index (χ4n) is 5.81. The summed E-state index contributed by atoms with van der Waals surface area (Å²) in [6.45, 7) is 0. The molecule has 9 rings (SSSR count). The van der Waals surface area contributed by atoms with Gasteiger partial charge in [-0.1, -0.05) is 158 Å². The summed E-state index contributed by atoms with van der Waals surface area (Å²) in [5.41, 5.74) is -7.74. The molecule has 1 saturated carbocycles. The van der Waals surface area contributed by atoms with Crippen molar-refractivity contribution < 1.29 is 28.8 Å². The molecule has 0 aliphatic heterocycles. The molecule has 7 aromatic rings. The van der Waals surface area contributed by atoms with Crippen molar-refractivity contribution >= 4 is 0 Å². The van der Waals surface area contributed by atoms with E-state index in [4.69, 9.17) is 32.8 Å². The van der Waals surface area contributed by atoms with Gasteiger partial charge in [-0.15, -0.1) is 0 Å². The maximum atomic E-state index is 9.79. The molecule has 230 valence electrons. The summed E-state index contributed by atoms with van der Waals surface area (Å²) in [6.07, 6.45) is -20.3. The van der Waals surface area contributed by atoms with Crippen molar-refractivity contribution in [3.63, 3.8) is 0 Å². The van der Waals surface area contributed by atoms with E-state index in [2.05, 4.69) is 0 Å². The fourth-order valence-corrected chi connectivity index (χ4v) is 5.81. The lowest BCUT2D eigenvalue weighted by atomic mass is 9.67. The number of nitrogens with zero attached hydrogens (tertiary/aromatic N) is 3. The molecule has 1 fully saturated rings. The smallest absolute Gasteiger partial charge is 0.164 e. The Bertz CT molecular complexity index is 3240. The van der Waals surface area contributed by atoms with Crippen LogP contribution < -0.4 is 0 Å². The van der Waals surface area contributed by atoms with Gasteiger partial charge in [-0.2, -0.15) is 0 Å². The van der Waals surface area contributed by atoms with Gasteiger partial charge in [0.1, 0.15) is 0 Å². The van der Waals surface area contributed by atoms with Crippen molar-refractivity contribution in [2.24, 2.45) is 0 Å². The van der Waals surface area contributed by atoms with Gasteiger partial charge < -0.3 is 0 Å². The van der Waals surface area contributed by atoms with Crippen LogP contribution in [-0.2, 0) is 5.41 Å². The molecular formula is C45H35N3. The van der Waals surface area contributed by atoms with Crippen LogP contribution in [0.3, 0.4) is 0 Å². The van der Waals surface area contributed by atoms with E-state index in [1.807, 2.05) is 60.7 Å². The Morgan fingerprint density at radius 1 is 0.438 bits per heavy atom. The van der Waals surface area contributed by atoms with Gasteiger partial charge in [-0.3, -0.25) is 0 Å². The molecule has 48 heavy (non-hydrogen) atoms. The molecule has 0 saturated heterocycles. The van der Waals surface area contributed by atoms with Gasteiger partial charge >= 0.3 is 0 Å². The predicted octanol–water partition coefficient (Wildman–Crippen LogP) is 11.4. The molecule has 0 unspecified atom stereocenters. The van der Waals surface area contributed by atoms with E-state index in [0.29, 0.717) is 28.3 Å². The van der Waals surface area contributed by atoms with Gasteiger partial charge in [0.05, 0.1) is 15.1 Å². The largest absolute Gasteiger partial charge is 0.208 e. The molecule has 6 aromatic carbocycles. The zero-order valence-electron chi connectivity index (χ0n) is 45.9. The van der Waals surface area contributed by atoms with Crippen LogP contribution in [0.15, 0.2) is 151 Å². The molecule has 1 spiro atoms. The van der Waals surface area contributed by atoms with Crippen LogP contribution in [0.2, 0.25) is 0 Å². The molecule has 2 aliphatic carbocycles. The predicted molar refractivity (Wildman–Crippen MR) is 196 cm³/mol. The molecule has 3 nitrogen and oxygen atoms in total. The van der Waals surface area contributed by atoms with Crippen LogP contribution in [0.1, 0.15) is 71.8 Å². The van der Waals surface area contributed by atoms with Crippen LogP contribution in [0.4, 0.5) is 0 Å². The van der Waals surface area contributed by atoms with E-state index in [1.54, 1.807) is 12.1 Å². The van der Waals surface area contributed by atoms with Crippen molar-refractivity contribution in [1.82, 2.24) is 15.0 Å². The van der Waals surface area contributed by atoms with E-state index in [0.717, 1.165) is 0 Å². The van der Waals surface area contributed by atoms with Gasteiger partial charge in [0, 0.05) is 35.8 Å². The van der Waals surface area contributed by atoms with E-state index in [-0.39, 0.29) is 17.0 Å². The van der Waals surface area contributed by atoms with E-state index in [1.165, 1.54) is 12.1 Å².